The second-order valence-corrected chi connectivity index (χ2v) is 5.67. The van der Waals surface area contributed by atoms with Crippen molar-refractivity contribution in [2.24, 2.45) is 5.28 Å². The van der Waals surface area contributed by atoms with E-state index in [4.69, 9.17) is 14.6 Å². The second-order valence-electron chi connectivity index (χ2n) is 5.67. The number of rotatable bonds is 7. The molecule has 0 aromatic heterocycles. The van der Waals surface area contributed by atoms with E-state index in [1.807, 2.05) is 0 Å². The molecule has 0 aliphatic rings. The van der Waals surface area contributed by atoms with Crippen LogP contribution in [0.3, 0.4) is 0 Å². The smallest absolute Gasteiger partial charge is 0.511 e. The number of ether oxygens (including phenoxy) is 2. The molecule has 10 nitrogen and oxygen atoms in total. The number of aliphatic carboxylic acids is 1. The number of hydrazine groups is 1. The van der Waals surface area contributed by atoms with Gasteiger partial charge in [0.25, 0.3) is 6.29 Å². The van der Waals surface area contributed by atoms with Crippen LogP contribution in [0, 0.1) is 5.21 Å². The molecule has 0 heterocycles. The molecule has 1 unspecified atom stereocenters. The summed E-state index contributed by atoms with van der Waals surface area (Å²) in [5.74, 6) is -1.19. The Morgan fingerprint density at radius 2 is 1.86 bits per heavy atom. The number of carbonyl (C=O) groups is 2. The van der Waals surface area contributed by atoms with Crippen LogP contribution in [0.4, 0.5) is 4.79 Å². The summed E-state index contributed by atoms with van der Waals surface area (Å²) in [6.45, 7) is 9.00. The largest absolute Gasteiger partial charge is 0.569 e. The maximum Gasteiger partial charge on any atom is 0.511 e. The highest BCUT2D eigenvalue weighted by atomic mass is 16.8. The number of carbonyl (C=O) groups excluding carboxylic acids is 1. The molecule has 0 bridgehead atoms. The maximum atomic E-state index is 11.7. The first-order valence-corrected chi connectivity index (χ1v) is 6.64. The van der Waals surface area contributed by atoms with Crippen LogP contribution in [0.5, 0.6) is 0 Å². The van der Waals surface area contributed by atoms with Gasteiger partial charge >= 0.3 is 12.1 Å². The Bertz CT molecular complexity index is 417. The van der Waals surface area contributed by atoms with Crippen molar-refractivity contribution in [1.82, 2.24) is 5.01 Å². The molecule has 0 rings (SSSR count). The third-order valence-corrected chi connectivity index (χ3v) is 2.03. The number of hydrogen-bond acceptors (Lipinski definition) is 7. The highest BCUT2D eigenvalue weighted by molar-refractivity contribution is 5.68. The molecule has 0 aromatic rings. The van der Waals surface area contributed by atoms with Gasteiger partial charge in [0.1, 0.15) is 5.60 Å². The molecule has 0 spiro atoms. The average molecular weight is 321 g/mol. The summed E-state index contributed by atoms with van der Waals surface area (Å²) in [5, 5.41) is 24.4. The number of carboxylic acids is 1. The lowest BCUT2D eigenvalue weighted by molar-refractivity contribution is -0.717. The van der Waals surface area contributed by atoms with Crippen LogP contribution in [0.2, 0.25) is 0 Å². The van der Waals surface area contributed by atoms with Crippen molar-refractivity contribution >= 4 is 12.1 Å². The Hall–Kier alpha value is -2.26. The maximum absolute atomic E-state index is 11.7. The molecule has 22 heavy (non-hydrogen) atoms. The Morgan fingerprint density at radius 1 is 1.32 bits per heavy atom. The van der Waals surface area contributed by atoms with Crippen LogP contribution >= 0.6 is 0 Å². The van der Waals surface area contributed by atoms with E-state index >= 15 is 0 Å². The molecule has 1 N–H and O–H groups in total. The van der Waals surface area contributed by atoms with Crippen molar-refractivity contribution in [3.05, 3.63) is 5.21 Å². The lowest BCUT2D eigenvalue weighted by Crippen LogP contribution is -2.40. The van der Waals surface area contributed by atoms with Gasteiger partial charge in [-0.15, -0.1) is 5.01 Å². The third-order valence-electron chi connectivity index (χ3n) is 2.03. The van der Waals surface area contributed by atoms with E-state index in [0.29, 0.717) is 0 Å². The van der Waals surface area contributed by atoms with Gasteiger partial charge in [0.05, 0.1) is 11.0 Å². The van der Waals surface area contributed by atoms with Crippen molar-refractivity contribution in [3.8, 4) is 0 Å². The van der Waals surface area contributed by atoms with Crippen molar-refractivity contribution in [3.63, 3.8) is 0 Å². The number of hydrogen-bond donors (Lipinski definition) is 1. The fourth-order valence-corrected chi connectivity index (χ4v) is 1.16. The summed E-state index contributed by atoms with van der Waals surface area (Å²) in [6, 6.07) is -0.414. The van der Waals surface area contributed by atoms with Crippen molar-refractivity contribution in [2.45, 2.75) is 59.5 Å². The number of nitrogens with zero attached hydrogens (tertiary/aromatic N) is 3. The summed E-state index contributed by atoms with van der Waals surface area (Å²) in [5.41, 5.74) is -0.728. The van der Waals surface area contributed by atoms with Gasteiger partial charge in [0.15, 0.2) is 6.54 Å². The van der Waals surface area contributed by atoms with E-state index < -0.39 is 36.6 Å². The molecule has 0 saturated carbocycles. The van der Waals surface area contributed by atoms with Gasteiger partial charge < -0.3 is 19.8 Å². The first kappa shape index (κ1) is 19.7. The van der Waals surface area contributed by atoms with E-state index in [1.54, 1.807) is 34.6 Å². The first-order valence-electron chi connectivity index (χ1n) is 6.64. The van der Waals surface area contributed by atoms with Gasteiger partial charge in [-0.2, -0.15) is 0 Å². The molecule has 0 aromatic carbocycles. The third kappa shape index (κ3) is 8.82. The zero-order chi connectivity index (χ0) is 17.5. The summed E-state index contributed by atoms with van der Waals surface area (Å²) in [4.78, 5) is 26.7. The molecule has 0 aliphatic carbocycles. The monoisotopic (exact) mass is 321 g/mol. The minimum Gasteiger partial charge on any atom is -0.569 e. The molecular formula is C12H23N3O7. The SMILES string of the molecule is CC(O/N=[N+](\[O-])N(CC(=O)O)C(C)C)OC(=O)OC(C)(C)C. The van der Waals surface area contributed by atoms with Crippen LogP contribution in [-0.4, -0.2) is 51.7 Å². The first-order chi connectivity index (χ1) is 9.92. The van der Waals surface area contributed by atoms with E-state index in [0.717, 1.165) is 5.01 Å². The summed E-state index contributed by atoms with van der Waals surface area (Å²) in [6.07, 6.45) is -2.15. The second kappa shape index (κ2) is 8.25. The van der Waals surface area contributed by atoms with Crippen LogP contribution in [-0.2, 0) is 19.1 Å². The summed E-state index contributed by atoms with van der Waals surface area (Å²) < 4.78 is 9.61. The zero-order valence-electron chi connectivity index (χ0n) is 13.6. The molecular weight excluding hydrogens is 298 g/mol. The van der Waals surface area contributed by atoms with Crippen LogP contribution in [0.25, 0.3) is 0 Å². The van der Waals surface area contributed by atoms with Crippen LogP contribution in [0.1, 0.15) is 41.5 Å². The summed E-state index contributed by atoms with van der Waals surface area (Å²) >= 11 is 0. The molecule has 1 atom stereocenters. The minimum atomic E-state index is -1.19. The van der Waals surface area contributed by atoms with Crippen molar-refractivity contribution in [2.75, 3.05) is 6.54 Å². The van der Waals surface area contributed by atoms with Crippen molar-refractivity contribution in [1.29, 1.82) is 0 Å². The van der Waals surface area contributed by atoms with Gasteiger partial charge in [0.2, 0.25) is 5.28 Å². The van der Waals surface area contributed by atoms with E-state index in [1.165, 1.54) is 6.92 Å². The molecule has 0 aliphatic heterocycles. The highest BCUT2D eigenvalue weighted by Gasteiger charge is 2.23. The lowest BCUT2D eigenvalue weighted by atomic mass is 10.2. The van der Waals surface area contributed by atoms with Gasteiger partial charge in [-0.25, -0.2) is 4.79 Å². The minimum absolute atomic E-state index is 0.00621. The predicted octanol–water partition coefficient (Wildman–Crippen LogP) is 1.89. The van der Waals surface area contributed by atoms with Crippen LogP contribution < -0.4 is 0 Å². The fraction of sp³-hybridized carbons (Fsp3) is 0.833. The van der Waals surface area contributed by atoms with E-state index in [9.17, 15) is 14.8 Å². The predicted molar refractivity (Wildman–Crippen MR) is 73.4 cm³/mol. The Labute approximate surface area is 128 Å². The highest BCUT2D eigenvalue weighted by Crippen LogP contribution is 2.10. The van der Waals surface area contributed by atoms with E-state index in [2.05, 4.69) is 10.1 Å². The van der Waals surface area contributed by atoms with Gasteiger partial charge in [-0.1, -0.05) is 0 Å². The number of carboxylic acid groups (broad SMARTS) is 1. The average Bonchev–Trinajstić information content (AvgIpc) is 2.29. The quantitative estimate of drug-likeness (QED) is 0.248. The van der Waals surface area contributed by atoms with E-state index in [-0.39, 0.29) is 4.97 Å². The molecule has 0 saturated heterocycles. The van der Waals surface area contributed by atoms with Gasteiger partial charge in [0, 0.05) is 6.92 Å². The van der Waals surface area contributed by atoms with Crippen molar-refractivity contribution < 1.29 is 34.0 Å². The molecule has 128 valence electrons. The zero-order valence-corrected chi connectivity index (χ0v) is 13.6. The molecule has 0 radical (unpaired) electrons. The lowest BCUT2D eigenvalue weighted by Gasteiger charge is -2.21. The van der Waals surface area contributed by atoms with Gasteiger partial charge in [-0.3, -0.25) is 9.63 Å². The molecule has 0 amide bonds. The normalized spacial score (nSPS) is 13.5. The molecule has 0 fully saturated rings. The topological polar surface area (TPSA) is 124 Å². The van der Waals surface area contributed by atoms with Crippen LogP contribution in [0.15, 0.2) is 5.28 Å². The standard InChI is InChI=1S/C12H23N3O7/c1-8(2)14(7-10(16)17)15(19)13-22-9(3)20-11(18)21-12(4,5)6/h8-9H,7H2,1-6H3,(H,16,17)/b15-13-. The Balaban J connectivity index is 4.54. The van der Waals surface area contributed by atoms with Gasteiger partial charge in [-0.05, 0) is 34.6 Å². The summed E-state index contributed by atoms with van der Waals surface area (Å²) in [7, 11) is 0. The molecule has 10 heteroatoms. The fourth-order valence-electron chi connectivity index (χ4n) is 1.16. The Morgan fingerprint density at radius 3 is 2.27 bits per heavy atom. The Kier molecular flexibility index (Phi) is 7.40.